The number of hydrogen-bond donors (Lipinski definition) is 0. The first-order valence-corrected chi connectivity index (χ1v) is 5.51. The van der Waals surface area contributed by atoms with E-state index < -0.39 is 5.97 Å². The summed E-state index contributed by atoms with van der Waals surface area (Å²) in [6.45, 7) is 0. The molecule has 0 atom stereocenters. The summed E-state index contributed by atoms with van der Waals surface area (Å²) in [5.74, 6) is -0.561. The number of nitriles is 1. The number of halogens is 2. The minimum Gasteiger partial charge on any atom is -0.465 e. The van der Waals surface area contributed by atoms with Crippen molar-refractivity contribution in [2.24, 2.45) is 0 Å². The number of ether oxygens (including phenoxy) is 1. The second-order valence-electron chi connectivity index (χ2n) is 2.70. The highest BCUT2D eigenvalue weighted by atomic mass is 79.9. The summed E-state index contributed by atoms with van der Waals surface area (Å²) in [4.78, 5) is 11.3. The molecule has 5 heteroatoms. The summed E-state index contributed by atoms with van der Waals surface area (Å²) >= 11 is 9.20. The Morgan fingerprint density at radius 1 is 1.67 bits per heavy atom. The lowest BCUT2D eigenvalue weighted by Crippen LogP contribution is -2.05. The molecule has 0 amide bonds. The Morgan fingerprint density at radius 2 is 2.33 bits per heavy atom. The minimum atomic E-state index is -0.561. The maximum Gasteiger partial charge on any atom is 0.339 e. The third-order valence-electron chi connectivity index (χ3n) is 1.88. The van der Waals surface area contributed by atoms with Crippen molar-refractivity contribution in [2.45, 2.75) is 5.33 Å². The van der Waals surface area contributed by atoms with Crippen LogP contribution in [-0.2, 0) is 10.1 Å². The van der Waals surface area contributed by atoms with Crippen molar-refractivity contribution in [3.63, 3.8) is 0 Å². The predicted octanol–water partition coefficient (Wildman–Crippen LogP) is 2.89. The van der Waals surface area contributed by atoms with Gasteiger partial charge >= 0.3 is 5.97 Å². The van der Waals surface area contributed by atoms with E-state index in [2.05, 4.69) is 20.7 Å². The zero-order chi connectivity index (χ0) is 11.4. The number of hydrogen-bond acceptors (Lipinski definition) is 3. The van der Waals surface area contributed by atoms with Gasteiger partial charge < -0.3 is 4.74 Å². The fraction of sp³-hybridized carbons (Fsp3) is 0.200. The molecule has 1 aromatic rings. The fourth-order valence-corrected chi connectivity index (χ4v) is 2.01. The molecule has 0 heterocycles. The van der Waals surface area contributed by atoms with Crippen molar-refractivity contribution in [3.8, 4) is 6.07 Å². The van der Waals surface area contributed by atoms with Gasteiger partial charge in [0.05, 0.1) is 23.3 Å². The summed E-state index contributed by atoms with van der Waals surface area (Å²) in [5.41, 5.74) is 1.11. The van der Waals surface area contributed by atoms with Crippen molar-refractivity contribution in [1.82, 2.24) is 0 Å². The molecule has 0 aliphatic heterocycles. The summed E-state index contributed by atoms with van der Waals surface area (Å²) < 4.78 is 4.55. The highest BCUT2D eigenvalue weighted by molar-refractivity contribution is 9.08. The summed E-state index contributed by atoms with van der Waals surface area (Å²) in [6.07, 6.45) is 0. The van der Waals surface area contributed by atoms with Gasteiger partial charge in [0.15, 0.2) is 0 Å². The van der Waals surface area contributed by atoms with E-state index in [-0.39, 0.29) is 16.1 Å². The molecule has 0 unspecified atom stereocenters. The first-order valence-electron chi connectivity index (χ1n) is 4.01. The van der Waals surface area contributed by atoms with Crippen LogP contribution in [-0.4, -0.2) is 13.1 Å². The van der Waals surface area contributed by atoms with Gasteiger partial charge in [-0.05, 0) is 11.6 Å². The van der Waals surface area contributed by atoms with Crippen LogP contribution >= 0.6 is 27.5 Å². The van der Waals surface area contributed by atoms with Crippen LogP contribution in [0.3, 0.4) is 0 Å². The molecule has 0 aliphatic rings. The van der Waals surface area contributed by atoms with Crippen LogP contribution in [0.25, 0.3) is 0 Å². The van der Waals surface area contributed by atoms with Gasteiger partial charge in [0.1, 0.15) is 6.07 Å². The van der Waals surface area contributed by atoms with Crippen molar-refractivity contribution in [1.29, 1.82) is 5.26 Å². The summed E-state index contributed by atoms with van der Waals surface area (Å²) in [5, 5.41) is 9.72. The van der Waals surface area contributed by atoms with E-state index in [1.165, 1.54) is 13.2 Å². The van der Waals surface area contributed by atoms with Crippen LogP contribution in [0.5, 0.6) is 0 Å². The molecular formula is C10H7BrClNO2. The number of rotatable bonds is 2. The van der Waals surface area contributed by atoms with E-state index in [0.717, 1.165) is 5.56 Å². The monoisotopic (exact) mass is 287 g/mol. The molecule has 0 saturated heterocycles. The van der Waals surface area contributed by atoms with Crippen molar-refractivity contribution >= 4 is 33.5 Å². The van der Waals surface area contributed by atoms with Crippen molar-refractivity contribution in [3.05, 3.63) is 33.8 Å². The molecular weight excluding hydrogens is 281 g/mol. The van der Waals surface area contributed by atoms with Gasteiger partial charge in [-0.3, -0.25) is 0 Å². The van der Waals surface area contributed by atoms with Crippen molar-refractivity contribution < 1.29 is 9.53 Å². The Labute approximate surface area is 101 Å². The molecule has 0 saturated carbocycles. The van der Waals surface area contributed by atoms with E-state index in [9.17, 15) is 4.79 Å². The van der Waals surface area contributed by atoms with Crippen LogP contribution in [0.1, 0.15) is 21.5 Å². The average Bonchev–Trinajstić information content (AvgIpc) is 2.27. The zero-order valence-electron chi connectivity index (χ0n) is 7.88. The first kappa shape index (κ1) is 12.0. The Balaban J connectivity index is 3.39. The van der Waals surface area contributed by atoms with E-state index in [0.29, 0.717) is 5.33 Å². The molecule has 0 bridgehead atoms. The third-order valence-corrected chi connectivity index (χ3v) is 2.92. The lowest BCUT2D eigenvalue weighted by atomic mass is 10.1. The number of esters is 1. The maximum atomic E-state index is 11.3. The number of benzene rings is 1. The largest absolute Gasteiger partial charge is 0.465 e. The quantitative estimate of drug-likeness (QED) is 0.621. The van der Waals surface area contributed by atoms with Gasteiger partial charge in [-0.2, -0.15) is 5.26 Å². The number of nitrogens with zero attached hydrogens (tertiary/aromatic N) is 1. The number of alkyl halides is 1. The molecule has 0 spiro atoms. The number of methoxy groups -OCH3 is 1. The zero-order valence-corrected chi connectivity index (χ0v) is 10.2. The van der Waals surface area contributed by atoms with Gasteiger partial charge in [-0.1, -0.05) is 33.6 Å². The predicted molar refractivity (Wildman–Crippen MR) is 60.1 cm³/mol. The maximum absolute atomic E-state index is 11.3. The number of carbonyl (C=O) groups is 1. The van der Waals surface area contributed by atoms with E-state index in [1.807, 2.05) is 6.07 Å². The third kappa shape index (κ3) is 2.31. The lowest BCUT2D eigenvalue weighted by molar-refractivity contribution is 0.0600. The second kappa shape index (κ2) is 5.15. The molecule has 0 N–H and O–H groups in total. The van der Waals surface area contributed by atoms with Gasteiger partial charge in [0, 0.05) is 5.33 Å². The van der Waals surface area contributed by atoms with Gasteiger partial charge in [0.25, 0.3) is 0 Å². The Bertz CT molecular complexity index is 440. The minimum absolute atomic E-state index is 0.153. The van der Waals surface area contributed by atoms with Crippen LogP contribution in [0.4, 0.5) is 0 Å². The van der Waals surface area contributed by atoms with Crippen LogP contribution in [0.2, 0.25) is 5.02 Å². The Kier molecular flexibility index (Phi) is 4.13. The van der Waals surface area contributed by atoms with Crippen molar-refractivity contribution in [2.75, 3.05) is 7.11 Å². The van der Waals surface area contributed by atoms with Crippen LogP contribution in [0, 0.1) is 11.3 Å². The molecule has 0 fully saturated rings. The highest BCUT2D eigenvalue weighted by Crippen LogP contribution is 2.26. The van der Waals surface area contributed by atoms with E-state index in [1.54, 1.807) is 6.07 Å². The molecule has 78 valence electrons. The standard InChI is InChI=1S/C10H7BrClNO2/c1-15-10(14)7-3-2-6(4-11)9(12)8(7)5-13/h2-3H,4H2,1H3. The topological polar surface area (TPSA) is 50.1 Å². The molecule has 15 heavy (non-hydrogen) atoms. The molecule has 0 radical (unpaired) electrons. The number of carbonyl (C=O) groups excluding carboxylic acids is 1. The molecule has 0 aliphatic carbocycles. The molecule has 3 nitrogen and oxygen atoms in total. The summed E-state index contributed by atoms with van der Waals surface area (Å²) in [6, 6.07) is 5.12. The van der Waals surface area contributed by atoms with E-state index in [4.69, 9.17) is 16.9 Å². The Hall–Kier alpha value is -1.05. The first-order chi connectivity index (χ1) is 7.15. The van der Waals surface area contributed by atoms with Gasteiger partial charge in [-0.25, -0.2) is 4.79 Å². The normalized spacial score (nSPS) is 9.47. The Morgan fingerprint density at radius 3 is 2.80 bits per heavy atom. The lowest BCUT2D eigenvalue weighted by Gasteiger charge is -2.06. The molecule has 0 aromatic heterocycles. The second-order valence-corrected chi connectivity index (χ2v) is 3.64. The van der Waals surface area contributed by atoms with E-state index >= 15 is 0 Å². The smallest absolute Gasteiger partial charge is 0.339 e. The molecule has 1 aromatic carbocycles. The van der Waals surface area contributed by atoms with Crippen LogP contribution < -0.4 is 0 Å². The summed E-state index contributed by atoms with van der Waals surface area (Å²) in [7, 11) is 1.26. The van der Waals surface area contributed by atoms with Gasteiger partial charge in [-0.15, -0.1) is 0 Å². The highest BCUT2D eigenvalue weighted by Gasteiger charge is 2.16. The SMILES string of the molecule is COC(=O)c1ccc(CBr)c(Cl)c1C#N. The fourth-order valence-electron chi connectivity index (χ4n) is 1.11. The average molecular weight is 289 g/mol. The van der Waals surface area contributed by atoms with Crippen LogP contribution in [0.15, 0.2) is 12.1 Å². The van der Waals surface area contributed by atoms with Gasteiger partial charge in [0.2, 0.25) is 0 Å². The molecule has 1 rings (SSSR count).